The van der Waals surface area contributed by atoms with Gasteiger partial charge in [0.15, 0.2) is 0 Å². The molecule has 0 aliphatic carbocycles. The van der Waals surface area contributed by atoms with E-state index in [0.29, 0.717) is 6.07 Å². The van der Waals surface area contributed by atoms with E-state index in [1.54, 1.807) is 0 Å². The summed E-state index contributed by atoms with van der Waals surface area (Å²) < 4.78 is 68.0. The van der Waals surface area contributed by atoms with E-state index in [9.17, 15) is 40.9 Å². The molecule has 3 rings (SSSR count). The Morgan fingerprint density at radius 1 is 0.844 bits per heavy atom. The van der Waals surface area contributed by atoms with Crippen LogP contribution in [0.25, 0.3) is 10.8 Å². The van der Waals surface area contributed by atoms with Gasteiger partial charge in [-0.05, 0) is 29.7 Å². The fraction of sp³-hybridized carbons (Fsp3) is 0. The third kappa shape index (κ3) is 6.66. The molecular formula is C17H8Ba2N2O9S2. The number of carbonyl (C=O) groups excluding carboxylic acids is 1. The Kier molecular flexibility index (Phi) is 10.7. The van der Waals surface area contributed by atoms with Gasteiger partial charge >= 0.3 is 97.8 Å². The fourth-order valence-electron chi connectivity index (χ4n) is 2.60. The molecule has 0 bridgehead atoms. The first-order valence-electron chi connectivity index (χ1n) is 7.81. The summed E-state index contributed by atoms with van der Waals surface area (Å²) in [6.45, 7) is 0. The minimum atomic E-state index is -5.30. The van der Waals surface area contributed by atoms with Crippen molar-refractivity contribution in [1.82, 2.24) is 0 Å². The van der Waals surface area contributed by atoms with E-state index in [0.717, 1.165) is 24.3 Å². The van der Waals surface area contributed by atoms with Crippen molar-refractivity contribution in [1.29, 1.82) is 0 Å². The van der Waals surface area contributed by atoms with Gasteiger partial charge in [-0.3, -0.25) is 0 Å². The zero-order chi connectivity index (χ0) is 22.3. The molecule has 0 aliphatic rings. The number of rotatable bonds is 5. The minimum Gasteiger partial charge on any atom is -0.870 e. The van der Waals surface area contributed by atoms with Gasteiger partial charge in [0.2, 0.25) is 0 Å². The topological polar surface area (TPSA) is 202 Å². The van der Waals surface area contributed by atoms with Crippen LogP contribution in [0.5, 0.6) is 5.75 Å². The van der Waals surface area contributed by atoms with E-state index in [4.69, 9.17) is 0 Å². The van der Waals surface area contributed by atoms with Gasteiger partial charge in [0.1, 0.15) is 20.2 Å². The molecule has 0 amide bonds. The van der Waals surface area contributed by atoms with E-state index >= 15 is 0 Å². The maximum absolute atomic E-state index is 12.5. The van der Waals surface area contributed by atoms with Gasteiger partial charge in [0.05, 0.1) is 22.2 Å². The predicted molar refractivity (Wildman–Crippen MR) is 106 cm³/mol. The van der Waals surface area contributed by atoms with E-state index in [-0.39, 0.29) is 120 Å². The van der Waals surface area contributed by atoms with Crippen molar-refractivity contribution in [3.8, 4) is 5.75 Å². The number of nitrogens with zero attached hydrogens (tertiary/aromatic N) is 2. The Morgan fingerprint density at radius 2 is 1.47 bits per heavy atom. The van der Waals surface area contributed by atoms with Crippen molar-refractivity contribution in [2.75, 3.05) is 0 Å². The van der Waals surface area contributed by atoms with Crippen molar-refractivity contribution in [2.24, 2.45) is 10.2 Å². The fourth-order valence-corrected chi connectivity index (χ4v) is 3.70. The summed E-state index contributed by atoms with van der Waals surface area (Å²) in [5.41, 5.74) is -1.26. The largest absolute Gasteiger partial charge is 2.00 e. The molecule has 0 aliphatic heterocycles. The second kappa shape index (κ2) is 11.5. The van der Waals surface area contributed by atoms with Gasteiger partial charge in [0, 0.05) is 15.8 Å². The molecular weight excluding hydrogens is 715 g/mol. The van der Waals surface area contributed by atoms with E-state index in [2.05, 4.69) is 10.2 Å². The number of hydrogen-bond acceptors (Lipinski definition) is 11. The van der Waals surface area contributed by atoms with Crippen LogP contribution in [-0.2, 0) is 20.2 Å². The normalized spacial score (nSPS) is 11.7. The molecule has 0 fully saturated rings. The molecule has 32 heavy (non-hydrogen) atoms. The maximum atomic E-state index is 12.5. The number of carboxylic acids is 1. The van der Waals surface area contributed by atoms with Crippen LogP contribution in [0, 0.1) is 0 Å². The SMILES string of the molecule is O=C([O-])c1ccccc1N=Nc1c([O-])c(S(=O)(=O)[O-])cc2cc(S(=O)(=O)[O-])ccc12.[Ba+2].[Ba+2]. The second-order valence-corrected chi connectivity index (χ2v) is 8.58. The van der Waals surface area contributed by atoms with Crippen LogP contribution in [0.1, 0.15) is 10.4 Å². The summed E-state index contributed by atoms with van der Waals surface area (Å²) in [6.07, 6.45) is 0. The molecule has 0 atom stereocenters. The Morgan fingerprint density at radius 3 is 2.03 bits per heavy atom. The number of benzene rings is 3. The molecule has 0 aromatic heterocycles. The average Bonchev–Trinajstić information content (AvgIpc) is 2.65. The quantitative estimate of drug-likeness (QED) is 0.193. The van der Waals surface area contributed by atoms with Gasteiger partial charge in [-0.1, -0.05) is 30.0 Å². The number of hydrogen-bond donors (Lipinski definition) is 0. The number of aromatic carboxylic acids is 1. The smallest absolute Gasteiger partial charge is 0.870 e. The van der Waals surface area contributed by atoms with Crippen molar-refractivity contribution in [3.63, 3.8) is 0 Å². The van der Waals surface area contributed by atoms with Crippen molar-refractivity contribution in [2.45, 2.75) is 9.79 Å². The summed E-state index contributed by atoms with van der Waals surface area (Å²) >= 11 is 0. The number of azo groups is 1. The van der Waals surface area contributed by atoms with Crippen LogP contribution in [0.15, 0.2) is 68.6 Å². The molecule has 11 nitrogen and oxygen atoms in total. The first-order valence-corrected chi connectivity index (χ1v) is 10.6. The molecule has 0 heterocycles. The zero-order valence-electron chi connectivity index (χ0n) is 15.9. The van der Waals surface area contributed by atoms with Gasteiger partial charge in [0.25, 0.3) is 0 Å². The van der Waals surface area contributed by atoms with Crippen LogP contribution in [0.2, 0.25) is 0 Å². The van der Waals surface area contributed by atoms with E-state index in [1.165, 1.54) is 18.2 Å². The van der Waals surface area contributed by atoms with Crippen molar-refractivity contribution < 1.29 is 40.9 Å². The second-order valence-electron chi connectivity index (χ2n) is 5.85. The summed E-state index contributed by atoms with van der Waals surface area (Å²) in [5.74, 6) is -2.91. The van der Waals surface area contributed by atoms with E-state index < -0.39 is 47.4 Å². The molecule has 15 heteroatoms. The third-order valence-corrected chi connectivity index (χ3v) is 5.62. The summed E-state index contributed by atoms with van der Waals surface area (Å²) in [4.78, 5) is 9.18. The molecule has 3 aromatic rings. The summed E-state index contributed by atoms with van der Waals surface area (Å²) in [6, 6.07) is 8.48. The molecule has 0 saturated carbocycles. The Hall–Kier alpha value is -0.247. The first kappa shape index (κ1) is 29.8. The summed E-state index contributed by atoms with van der Waals surface area (Å²) in [5, 5.41) is 30.5. The molecule has 3 aromatic carbocycles. The Bertz CT molecular complexity index is 1440. The monoisotopic (exact) mass is 724 g/mol. The molecule has 0 N–H and O–H groups in total. The van der Waals surface area contributed by atoms with Gasteiger partial charge in [-0.2, -0.15) is 5.11 Å². The van der Waals surface area contributed by atoms with Crippen LogP contribution >= 0.6 is 0 Å². The van der Waals surface area contributed by atoms with Gasteiger partial charge in [-0.15, -0.1) is 5.11 Å². The summed E-state index contributed by atoms with van der Waals surface area (Å²) in [7, 11) is -10.2. The molecule has 156 valence electrons. The number of carboxylic acid groups (broad SMARTS) is 1. The third-order valence-electron chi connectivity index (χ3n) is 3.94. The van der Waals surface area contributed by atoms with Gasteiger partial charge < -0.3 is 24.1 Å². The van der Waals surface area contributed by atoms with Crippen molar-refractivity contribution in [3.05, 3.63) is 54.1 Å². The zero-order valence-corrected chi connectivity index (χ0v) is 26.4. The Balaban J connectivity index is 0.00000256. The van der Waals surface area contributed by atoms with Crippen LogP contribution < -0.4 is 10.2 Å². The standard InChI is InChI=1S/C17H12N2O9S2.2Ba/c20-16-14(30(26,27)28)8-9-7-10(29(23,24)25)5-6-11(9)15(16)19-18-13-4-2-1-3-12(13)17(21)22;;/h1-8,20H,(H,21,22)(H,23,24,25)(H,26,27,28);;/q;2*+2/p-4. The molecule has 0 unspecified atom stereocenters. The van der Waals surface area contributed by atoms with Crippen LogP contribution in [0.3, 0.4) is 0 Å². The Labute approximate surface area is 262 Å². The van der Waals surface area contributed by atoms with Crippen LogP contribution in [0.4, 0.5) is 11.4 Å². The molecule has 0 saturated heterocycles. The minimum absolute atomic E-state index is 0. The molecule has 0 spiro atoms. The first-order chi connectivity index (χ1) is 13.9. The number of carbonyl (C=O) groups is 1. The maximum Gasteiger partial charge on any atom is 2.00 e. The number of fused-ring (bicyclic) bond motifs is 1. The predicted octanol–water partition coefficient (Wildman–Crippen LogP) is -0.261. The van der Waals surface area contributed by atoms with Crippen LogP contribution in [-0.4, -0.2) is 130 Å². The average molecular weight is 723 g/mol. The van der Waals surface area contributed by atoms with Gasteiger partial charge in [-0.25, -0.2) is 16.8 Å². The molecule has 0 radical (unpaired) electrons. The van der Waals surface area contributed by atoms with E-state index in [1.807, 2.05) is 0 Å². The van der Waals surface area contributed by atoms with Crippen molar-refractivity contribution >= 4 is 146 Å².